The molecule has 16 heavy (non-hydrogen) atoms. The zero-order chi connectivity index (χ0) is 11.4. The molecule has 2 atom stereocenters. The highest BCUT2D eigenvalue weighted by Gasteiger charge is 2.31. The van der Waals surface area contributed by atoms with Crippen molar-refractivity contribution in [1.82, 2.24) is 15.1 Å². The van der Waals surface area contributed by atoms with Crippen molar-refractivity contribution in [3.63, 3.8) is 0 Å². The maximum Gasteiger partial charge on any atom is 0.0224 e. The lowest BCUT2D eigenvalue weighted by molar-refractivity contribution is 0.0744. The van der Waals surface area contributed by atoms with Crippen LogP contribution >= 0.6 is 0 Å². The molecule has 2 aliphatic rings. The Labute approximate surface area is 100 Å². The van der Waals surface area contributed by atoms with Gasteiger partial charge in [0.05, 0.1) is 0 Å². The fourth-order valence-electron chi connectivity index (χ4n) is 3.09. The molecule has 2 aliphatic heterocycles. The normalized spacial score (nSPS) is 29.2. The summed E-state index contributed by atoms with van der Waals surface area (Å²) < 4.78 is 0. The summed E-state index contributed by atoms with van der Waals surface area (Å²) in [7, 11) is 0. The molecule has 0 amide bonds. The van der Waals surface area contributed by atoms with E-state index in [1.54, 1.807) is 0 Å². The van der Waals surface area contributed by atoms with Gasteiger partial charge in [-0.15, -0.1) is 0 Å². The third-order valence-corrected chi connectivity index (χ3v) is 4.23. The molecule has 0 saturated carbocycles. The molecule has 3 heteroatoms. The van der Waals surface area contributed by atoms with Crippen LogP contribution in [-0.4, -0.2) is 61.2 Å². The Morgan fingerprint density at radius 3 is 3.00 bits per heavy atom. The Morgan fingerprint density at radius 1 is 1.31 bits per heavy atom. The second-order valence-electron chi connectivity index (χ2n) is 5.32. The van der Waals surface area contributed by atoms with Crippen LogP contribution in [-0.2, 0) is 0 Å². The molecule has 0 bridgehead atoms. The summed E-state index contributed by atoms with van der Waals surface area (Å²) in [4.78, 5) is 5.39. The van der Waals surface area contributed by atoms with Crippen LogP contribution in [0.2, 0.25) is 0 Å². The Hall–Kier alpha value is -0.120. The molecule has 0 aliphatic carbocycles. The van der Waals surface area contributed by atoms with Crippen LogP contribution in [0, 0.1) is 0 Å². The average molecular weight is 225 g/mol. The molecule has 2 unspecified atom stereocenters. The van der Waals surface area contributed by atoms with Crippen molar-refractivity contribution in [3.05, 3.63) is 0 Å². The van der Waals surface area contributed by atoms with Gasteiger partial charge in [0.15, 0.2) is 0 Å². The predicted octanol–water partition coefficient (Wildman–Crippen LogP) is 1.15. The summed E-state index contributed by atoms with van der Waals surface area (Å²) in [6.45, 7) is 12.1. The number of hydrogen-bond donors (Lipinski definition) is 1. The summed E-state index contributed by atoms with van der Waals surface area (Å²) in [6.07, 6.45) is 4.14. The number of fused-ring (bicyclic) bond motifs is 1. The van der Waals surface area contributed by atoms with E-state index in [2.05, 4.69) is 29.0 Å². The van der Waals surface area contributed by atoms with Gasteiger partial charge in [0.1, 0.15) is 0 Å². The second-order valence-corrected chi connectivity index (χ2v) is 5.32. The summed E-state index contributed by atoms with van der Waals surface area (Å²) in [5, 5.41) is 3.43. The van der Waals surface area contributed by atoms with E-state index >= 15 is 0 Å². The molecule has 2 fully saturated rings. The Kier molecular flexibility index (Phi) is 4.62. The van der Waals surface area contributed by atoms with Crippen LogP contribution in [0.5, 0.6) is 0 Å². The lowest BCUT2D eigenvalue weighted by Crippen LogP contribution is -2.53. The van der Waals surface area contributed by atoms with Crippen molar-refractivity contribution in [3.8, 4) is 0 Å². The molecule has 2 rings (SSSR count). The van der Waals surface area contributed by atoms with Gasteiger partial charge in [-0.3, -0.25) is 9.80 Å². The molecule has 94 valence electrons. The van der Waals surface area contributed by atoms with E-state index in [4.69, 9.17) is 0 Å². The zero-order valence-corrected chi connectivity index (χ0v) is 10.9. The monoisotopic (exact) mass is 225 g/mol. The Balaban J connectivity index is 1.72. The van der Waals surface area contributed by atoms with Crippen LogP contribution in [0.25, 0.3) is 0 Å². The first-order valence-electron chi connectivity index (χ1n) is 7.00. The fraction of sp³-hybridized carbons (Fsp3) is 1.00. The highest BCUT2D eigenvalue weighted by Crippen LogP contribution is 2.22. The van der Waals surface area contributed by atoms with Gasteiger partial charge in [0, 0.05) is 31.7 Å². The van der Waals surface area contributed by atoms with Crippen molar-refractivity contribution in [2.24, 2.45) is 0 Å². The third-order valence-electron chi connectivity index (χ3n) is 4.23. The molecule has 2 heterocycles. The summed E-state index contributed by atoms with van der Waals surface area (Å²) in [6, 6.07) is 1.62. The van der Waals surface area contributed by atoms with Crippen LogP contribution in [0.1, 0.15) is 33.1 Å². The van der Waals surface area contributed by atoms with Crippen LogP contribution in [0.15, 0.2) is 0 Å². The van der Waals surface area contributed by atoms with Gasteiger partial charge in [-0.2, -0.15) is 0 Å². The molecular formula is C13H27N3. The minimum atomic E-state index is 0.752. The second kappa shape index (κ2) is 5.99. The molecule has 0 radical (unpaired) electrons. The molecule has 0 spiro atoms. The fourth-order valence-corrected chi connectivity index (χ4v) is 3.09. The highest BCUT2D eigenvalue weighted by atomic mass is 15.3. The first-order valence-corrected chi connectivity index (χ1v) is 7.00. The third kappa shape index (κ3) is 2.96. The van der Waals surface area contributed by atoms with Crippen molar-refractivity contribution < 1.29 is 0 Å². The highest BCUT2D eigenvalue weighted by molar-refractivity contribution is 4.88. The van der Waals surface area contributed by atoms with E-state index in [9.17, 15) is 0 Å². The largest absolute Gasteiger partial charge is 0.317 e. The Bertz CT molecular complexity index is 207. The number of rotatable bonds is 5. The van der Waals surface area contributed by atoms with Gasteiger partial charge < -0.3 is 5.32 Å². The molecular weight excluding hydrogens is 198 g/mol. The van der Waals surface area contributed by atoms with Gasteiger partial charge in [0.25, 0.3) is 0 Å². The molecule has 0 aromatic heterocycles. The van der Waals surface area contributed by atoms with Crippen LogP contribution in [0.4, 0.5) is 0 Å². The van der Waals surface area contributed by atoms with E-state index in [0.29, 0.717) is 0 Å². The first kappa shape index (κ1) is 12.3. The quantitative estimate of drug-likeness (QED) is 0.708. The Morgan fingerprint density at radius 2 is 2.19 bits per heavy atom. The smallest absolute Gasteiger partial charge is 0.0224 e. The average Bonchev–Trinajstić information content (AvgIpc) is 2.76. The van der Waals surface area contributed by atoms with E-state index < -0.39 is 0 Å². The van der Waals surface area contributed by atoms with Crippen molar-refractivity contribution in [2.75, 3.05) is 39.3 Å². The molecule has 0 aromatic rings. The number of piperazine rings is 1. The van der Waals surface area contributed by atoms with Gasteiger partial charge in [-0.25, -0.2) is 0 Å². The van der Waals surface area contributed by atoms with Crippen LogP contribution < -0.4 is 5.32 Å². The van der Waals surface area contributed by atoms with E-state index in [1.807, 2.05) is 0 Å². The van der Waals surface area contributed by atoms with E-state index in [0.717, 1.165) is 18.6 Å². The van der Waals surface area contributed by atoms with Gasteiger partial charge in [0.2, 0.25) is 0 Å². The number of nitrogens with zero attached hydrogens (tertiary/aromatic N) is 2. The SMILES string of the molecule is CCNCCC(C)N1CCN2CCCC2C1. The van der Waals surface area contributed by atoms with Gasteiger partial charge in [-0.05, 0) is 45.8 Å². The van der Waals surface area contributed by atoms with E-state index in [1.165, 1.54) is 52.0 Å². The minimum Gasteiger partial charge on any atom is -0.317 e. The zero-order valence-electron chi connectivity index (χ0n) is 10.9. The topological polar surface area (TPSA) is 18.5 Å². The predicted molar refractivity (Wildman–Crippen MR) is 68.8 cm³/mol. The number of hydrogen-bond acceptors (Lipinski definition) is 3. The van der Waals surface area contributed by atoms with Crippen molar-refractivity contribution in [2.45, 2.75) is 45.2 Å². The maximum absolute atomic E-state index is 3.43. The summed E-state index contributed by atoms with van der Waals surface area (Å²) in [5.41, 5.74) is 0. The lowest BCUT2D eigenvalue weighted by atomic mass is 10.1. The molecule has 2 saturated heterocycles. The number of nitrogens with one attached hydrogen (secondary N) is 1. The van der Waals surface area contributed by atoms with Crippen molar-refractivity contribution >= 4 is 0 Å². The maximum atomic E-state index is 3.43. The van der Waals surface area contributed by atoms with Gasteiger partial charge in [-0.1, -0.05) is 6.92 Å². The standard InChI is InChI=1S/C13H27N3/c1-3-14-7-6-12(2)16-10-9-15-8-4-5-13(15)11-16/h12-14H,3-11H2,1-2H3. The molecule has 0 aromatic carbocycles. The summed E-state index contributed by atoms with van der Waals surface area (Å²) in [5.74, 6) is 0. The van der Waals surface area contributed by atoms with Crippen molar-refractivity contribution in [1.29, 1.82) is 0 Å². The van der Waals surface area contributed by atoms with Gasteiger partial charge >= 0.3 is 0 Å². The molecule has 3 nitrogen and oxygen atoms in total. The first-order chi connectivity index (χ1) is 7.81. The van der Waals surface area contributed by atoms with Crippen LogP contribution in [0.3, 0.4) is 0 Å². The minimum absolute atomic E-state index is 0.752. The lowest BCUT2D eigenvalue weighted by Gasteiger charge is -2.40. The summed E-state index contributed by atoms with van der Waals surface area (Å²) >= 11 is 0. The van der Waals surface area contributed by atoms with E-state index in [-0.39, 0.29) is 0 Å². The molecule has 1 N–H and O–H groups in total.